The minimum absolute atomic E-state index is 0.00299. The maximum absolute atomic E-state index is 11.5. The van der Waals surface area contributed by atoms with Crippen LogP contribution in [-0.2, 0) is 16.1 Å². The van der Waals surface area contributed by atoms with E-state index in [1.165, 1.54) is 12.7 Å². The quantitative estimate of drug-likeness (QED) is 0.755. The van der Waals surface area contributed by atoms with Gasteiger partial charge < -0.3 is 9.47 Å². The molecule has 116 valence electrons. The molecule has 0 N–H and O–H groups in total. The lowest BCUT2D eigenvalue weighted by molar-refractivity contribution is -0.145. The zero-order valence-electron chi connectivity index (χ0n) is 13.2. The van der Waals surface area contributed by atoms with Gasteiger partial charge in [-0.2, -0.15) is 0 Å². The number of carbonyl (C=O) groups is 1. The van der Waals surface area contributed by atoms with Crippen LogP contribution in [0.5, 0.6) is 5.75 Å². The van der Waals surface area contributed by atoms with Crippen LogP contribution in [0.1, 0.15) is 25.3 Å². The van der Waals surface area contributed by atoms with Crippen LogP contribution in [0.3, 0.4) is 0 Å². The highest BCUT2D eigenvalue weighted by Crippen LogP contribution is 2.25. The second kappa shape index (κ2) is 7.46. The van der Waals surface area contributed by atoms with E-state index in [0.29, 0.717) is 5.92 Å². The van der Waals surface area contributed by atoms with Crippen LogP contribution < -0.4 is 4.74 Å². The molecule has 21 heavy (non-hydrogen) atoms. The van der Waals surface area contributed by atoms with Crippen LogP contribution in [0.25, 0.3) is 0 Å². The van der Waals surface area contributed by atoms with E-state index in [4.69, 9.17) is 9.47 Å². The molecule has 1 aromatic carbocycles. The van der Waals surface area contributed by atoms with Gasteiger partial charge >= 0.3 is 5.97 Å². The summed E-state index contributed by atoms with van der Waals surface area (Å²) in [5.74, 6) is 1.39. The van der Waals surface area contributed by atoms with E-state index in [-0.39, 0.29) is 11.9 Å². The summed E-state index contributed by atoms with van der Waals surface area (Å²) in [5.41, 5.74) is 1.27. The number of carbonyl (C=O) groups excluding carboxylic acids is 1. The number of nitrogens with zero attached hydrogens (tertiary/aromatic N) is 1. The molecular formula is C17H25NO3. The van der Waals surface area contributed by atoms with Crippen molar-refractivity contribution in [3.8, 4) is 5.75 Å². The average Bonchev–Trinajstić information content (AvgIpc) is 2.93. The predicted molar refractivity (Wildman–Crippen MR) is 82.2 cm³/mol. The largest absolute Gasteiger partial charge is 0.497 e. The first-order valence-electron chi connectivity index (χ1n) is 7.55. The van der Waals surface area contributed by atoms with E-state index in [0.717, 1.165) is 38.2 Å². The second-order valence-corrected chi connectivity index (χ2v) is 5.90. The third kappa shape index (κ3) is 4.46. The van der Waals surface area contributed by atoms with Gasteiger partial charge in [-0.1, -0.05) is 19.1 Å². The first-order valence-corrected chi connectivity index (χ1v) is 7.55. The summed E-state index contributed by atoms with van der Waals surface area (Å²) in [6.45, 7) is 5.05. The first-order chi connectivity index (χ1) is 10.1. The van der Waals surface area contributed by atoms with Crippen molar-refractivity contribution in [3.05, 3.63) is 29.8 Å². The molecule has 0 aliphatic carbocycles. The van der Waals surface area contributed by atoms with Crippen molar-refractivity contribution >= 4 is 5.97 Å². The van der Waals surface area contributed by atoms with Gasteiger partial charge in [-0.25, -0.2) is 0 Å². The molecule has 1 saturated heterocycles. The lowest BCUT2D eigenvalue weighted by Gasteiger charge is -2.18. The Balaban J connectivity index is 1.83. The fourth-order valence-electron chi connectivity index (χ4n) is 3.08. The predicted octanol–water partition coefficient (Wildman–Crippen LogP) is 2.72. The summed E-state index contributed by atoms with van der Waals surface area (Å²) in [6, 6.07) is 8.21. The van der Waals surface area contributed by atoms with Gasteiger partial charge in [0.05, 0.1) is 20.1 Å². The van der Waals surface area contributed by atoms with Gasteiger partial charge in [0.1, 0.15) is 5.75 Å². The average molecular weight is 291 g/mol. The van der Waals surface area contributed by atoms with Crippen LogP contribution in [0.2, 0.25) is 0 Å². The van der Waals surface area contributed by atoms with E-state index in [2.05, 4.69) is 17.0 Å². The number of hydrogen-bond acceptors (Lipinski definition) is 4. The zero-order valence-corrected chi connectivity index (χ0v) is 13.2. The fraction of sp³-hybridized carbons (Fsp3) is 0.588. The van der Waals surface area contributed by atoms with Gasteiger partial charge in [0, 0.05) is 13.1 Å². The molecule has 1 aliphatic rings. The van der Waals surface area contributed by atoms with Crippen molar-refractivity contribution in [3.63, 3.8) is 0 Å². The van der Waals surface area contributed by atoms with Crippen molar-refractivity contribution in [2.24, 2.45) is 11.8 Å². The Morgan fingerprint density at radius 1 is 1.43 bits per heavy atom. The number of esters is 1. The highest BCUT2D eigenvalue weighted by atomic mass is 16.5. The van der Waals surface area contributed by atoms with Gasteiger partial charge in [0.25, 0.3) is 0 Å². The van der Waals surface area contributed by atoms with Crippen LogP contribution in [0.15, 0.2) is 24.3 Å². The number of methoxy groups -OCH3 is 2. The Hall–Kier alpha value is -1.55. The van der Waals surface area contributed by atoms with Crippen LogP contribution in [-0.4, -0.2) is 38.2 Å². The first kappa shape index (κ1) is 15.8. The van der Waals surface area contributed by atoms with Crippen molar-refractivity contribution in [2.75, 3.05) is 27.3 Å². The van der Waals surface area contributed by atoms with Crippen LogP contribution in [0.4, 0.5) is 0 Å². The molecular weight excluding hydrogens is 266 g/mol. The normalized spacial score (nSPS) is 20.2. The molecule has 1 fully saturated rings. The minimum Gasteiger partial charge on any atom is -0.497 e. The molecule has 2 unspecified atom stereocenters. The summed E-state index contributed by atoms with van der Waals surface area (Å²) < 4.78 is 10.1. The Morgan fingerprint density at radius 2 is 2.24 bits per heavy atom. The lowest BCUT2D eigenvalue weighted by Crippen LogP contribution is -2.22. The maximum Gasteiger partial charge on any atom is 0.308 e. The summed E-state index contributed by atoms with van der Waals surface area (Å²) in [7, 11) is 3.15. The second-order valence-electron chi connectivity index (χ2n) is 5.90. The topological polar surface area (TPSA) is 38.8 Å². The smallest absolute Gasteiger partial charge is 0.308 e. The molecule has 1 aliphatic heterocycles. The number of ether oxygens (including phenoxy) is 2. The van der Waals surface area contributed by atoms with Gasteiger partial charge in [-0.3, -0.25) is 9.69 Å². The Bertz CT molecular complexity index is 475. The monoisotopic (exact) mass is 291 g/mol. The van der Waals surface area contributed by atoms with Crippen LogP contribution in [0, 0.1) is 11.8 Å². The molecule has 4 heteroatoms. The standard InChI is InChI=1S/C17H25NO3/c1-13(17(19)21-3)9-15-7-8-18(12-15)11-14-5-4-6-16(10-14)20-2/h4-6,10,13,15H,7-9,11-12H2,1-3H3. The fourth-order valence-corrected chi connectivity index (χ4v) is 3.08. The molecule has 0 bridgehead atoms. The molecule has 1 heterocycles. The van der Waals surface area contributed by atoms with Crippen LogP contribution >= 0.6 is 0 Å². The van der Waals surface area contributed by atoms with E-state index >= 15 is 0 Å². The van der Waals surface area contributed by atoms with Gasteiger partial charge in [0.15, 0.2) is 0 Å². The van der Waals surface area contributed by atoms with Crippen molar-refractivity contribution in [1.29, 1.82) is 0 Å². The molecule has 0 saturated carbocycles. The summed E-state index contributed by atoms with van der Waals surface area (Å²) in [4.78, 5) is 13.9. The number of benzene rings is 1. The lowest BCUT2D eigenvalue weighted by atomic mass is 9.95. The minimum atomic E-state index is -0.0961. The summed E-state index contributed by atoms with van der Waals surface area (Å²) in [6.07, 6.45) is 2.08. The van der Waals surface area contributed by atoms with Gasteiger partial charge in [-0.05, 0) is 43.0 Å². The Kier molecular flexibility index (Phi) is 5.62. The molecule has 2 rings (SSSR count). The molecule has 2 atom stereocenters. The zero-order chi connectivity index (χ0) is 15.2. The number of rotatable bonds is 6. The van der Waals surface area contributed by atoms with E-state index < -0.39 is 0 Å². The third-order valence-electron chi connectivity index (χ3n) is 4.20. The molecule has 1 aromatic rings. The number of likely N-dealkylation sites (tertiary alicyclic amines) is 1. The van der Waals surface area contributed by atoms with E-state index in [1.54, 1.807) is 7.11 Å². The summed E-state index contributed by atoms with van der Waals surface area (Å²) in [5, 5.41) is 0. The van der Waals surface area contributed by atoms with E-state index in [1.807, 2.05) is 19.1 Å². The molecule has 4 nitrogen and oxygen atoms in total. The molecule has 0 aromatic heterocycles. The van der Waals surface area contributed by atoms with Crippen molar-refractivity contribution in [2.45, 2.75) is 26.3 Å². The number of hydrogen-bond donors (Lipinski definition) is 0. The van der Waals surface area contributed by atoms with Crippen molar-refractivity contribution < 1.29 is 14.3 Å². The SMILES string of the molecule is COC(=O)C(C)CC1CCN(Cc2cccc(OC)c2)C1. The van der Waals surface area contributed by atoms with Crippen molar-refractivity contribution in [1.82, 2.24) is 4.90 Å². The van der Waals surface area contributed by atoms with E-state index in [9.17, 15) is 4.79 Å². The highest BCUT2D eigenvalue weighted by Gasteiger charge is 2.26. The maximum atomic E-state index is 11.5. The third-order valence-corrected chi connectivity index (χ3v) is 4.20. The molecule has 0 spiro atoms. The van der Waals surface area contributed by atoms with Gasteiger partial charge in [-0.15, -0.1) is 0 Å². The summed E-state index contributed by atoms with van der Waals surface area (Å²) >= 11 is 0. The molecule has 0 radical (unpaired) electrons. The molecule has 0 amide bonds. The highest BCUT2D eigenvalue weighted by molar-refractivity contribution is 5.71. The Labute approximate surface area is 127 Å². The van der Waals surface area contributed by atoms with Gasteiger partial charge in [0.2, 0.25) is 0 Å². The Morgan fingerprint density at radius 3 is 2.95 bits per heavy atom.